The van der Waals surface area contributed by atoms with E-state index in [1.165, 1.54) is 11.6 Å². The van der Waals surface area contributed by atoms with Crippen molar-refractivity contribution in [3.63, 3.8) is 0 Å². The minimum atomic E-state index is -0.390. The minimum Gasteiger partial charge on any atom is -0.318 e. The van der Waals surface area contributed by atoms with Gasteiger partial charge in [0.05, 0.1) is 6.54 Å². The first-order valence-corrected chi connectivity index (χ1v) is 6.82. The Morgan fingerprint density at radius 1 is 1.32 bits per heavy atom. The van der Waals surface area contributed by atoms with Gasteiger partial charge in [0.15, 0.2) is 11.2 Å². The third-order valence-corrected chi connectivity index (χ3v) is 3.52. The molecule has 2 heterocycles. The van der Waals surface area contributed by atoms with E-state index in [4.69, 9.17) is 0 Å². The van der Waals surface area contributed by atoms with Gasteiger partial charge >= 0.3 is 5.69 Å². The van der Waals surface area contributed by atoms with Gasteiger partial charge in [-0.25, -0.2) is 9.78 Å². The quantitative estimate of drug-likeness (QED) is 0.622. The van der Waals surface area contributed by atoms with Gasteiger partial charge in [0.1, 0.15) is 5.82 Å². The third-order valence-electron chi connectivity index (χ3n) is 3.52. The number of hydrogen-bond donors (Lipinski definition) is 0. The predicted octanol–water partition coefficient (Wildman–Crippen LogP) is 0.903. The summed E-state index contributed by atoms with van der Waals surface area (Å²) in [6.45, 7) is 7.59. The van der Waals surface area contributed by atoms with E-state index in [2.05, 4.69) is 16.7 Å². The molecular weight excluding hydrogens is 282 g/mol. The van der Waals surface area contributed by atoms with Crippen LogP contribution in [0.4, 0.5) is 0 Å². The first-order chi connectivity index (χ1) is 10.4. The molecule has 0 atom stereocenters. The number of imidazole rings is 1. The Morgan fingerprint density at radius 2 is 2.00 bits per heavy atom. The van der Waals surface area contributed by atoms with Crippen molar-refractivity contribution >= 4 is 17.9 Å². The van der Waals surface area contributed by atoms with Gasteiger partial charge in [0.2, 0.25) is 0 Å². The molecule has 0 aliphatic heterocycles. The zero-order chi connectivity index (χ0) is 16.4. The molecule has 0 N–H and O–H groups in total. The molecule has 2 aromatic heterocycles. The van der Waals surface area contributed by atoms with E-state index in [1.807, 2.05) is 19.1 Å². The summed E-state index contributed by atoms with van der Waals surface area (Å²) in [5.74, 6) is 0.660. The number of nitrogens with zero attached hydrogens (tertiary/aromatic N) is 5. The van der Waals surface area contributed by atoms with Crippen LogP contribution in [-0.2, 0) is 20.6 Å². The van der Waals surface area contributed by atoms with Gasteiger partial charge in [-0.15, -0.1) is 0 Å². The van der Waals surface area contributed by atoms with E-state index in [1.54, 1.807) is 24.7 Å². The molecule has 0 fully saturated rings. The molecule has 0 unspecified atom stereocenters. The van der Waals surface area contributed by atoms with Crippen LogP contribution in [0, 0.1) is 6.92 Å². The molecule has 0 radical (unpaired) electrons. The van der Waals surface area contributed by atoms with Crippen molar-refractivity contribution < 1.29 is 0 Å². The highest BCUT2D eigenvalue weighted by Crippen LogP contribution is 2.13. The standard InChI is InChI=1S/C15H19N5O2/c1-6-7-11(8-16-3)9-20-10(2)17-13-12(20)14(21)19(5)15(22)18(13)4/h6-8H,3,9H2,1-2,4-5H3/b7-6-,11-8+. The number of aliphatic imine (C=N–C) groups is 1. The van der Waals surface area contributed by atoms with Crippen LogP contribution in [0.15, 0.2) is 38.5 Å². The zero-order valence-corrected chi connectivity index (χ0v) is 13.2. The fraction of sp³-hybridized carbons (Fsp3) is 0.333. The molecule has 0 saturated carbocycles. The van der Waals surface area contributed by atoms with Gasteiger partial charge in [-0.1, -0.05) is 12.2 Å². The molecule has 0 amide bonds. The van der Waals surface area contributed by atoms with Gasteiger partial charge in [-0.05, 0) is 26.1 Å². The van der Waals surface area contributed by atoms with Crippen molar-refractivity contribution in [2.75, 3.05) is 0 Å². The fourth-order valence-electron chi connectivity index (χ4n) is 2.40. The monoisotopic (exact) mass is 301 g/mol. The van der Waals surface area contributed by atoms with Crippen LogP contribution in [0.2, 0.25) is 0 Å². The number of fused-ring (bicyclic) bond motifs is 1. The van der Waals surface area contributed by atoms with E-state index in [0.29, 0.717) is 23.5 Å². The normalized spacial score (nSPS) is 12.5. The molecule has 2 aromatic rings. The van der Waals surface area contributed by atoms with Crippen molar-refractivity contribution in [1.82, 2.24) is 18.7 Å². The molecule has 0 saturated heterocycles. The van der Waals surface area contributed by atoms with Gasteiger partial charge in [-0.2, -0.15) is 0 Å². The Bertz CT molecular complexity index is 909. The average molecular weight is 301 g/mol. The molecular formula is C15H19N5O2. The summed E-state index contributed by atoms with van der Waals surface area (Å²) in [6.07, 6.45) is 5.42. The number of hydrogen-bond acceptors (Lipinski definition) is 4. The van der Waals surface area contributed by atoms with Crippen LogP contribution in [-0.4, -0.2) is 25.4 Å². The maximum absolute atomic E-state index is 12.4. The second-order valence-corrected chi connectivity index (χ2v) is 5.01. The fourth-order valence-corrected chi connectivity index (χ4v) is 2.40. The molecule has 0 aliphatic rings. The van der Waals surface area contributed by atoms with Crippen molar-refractivity contribution in [2.24, 2.45) is 19.1 Å². The lowest BCUT2D eigenvalue weighted by Crippen LogP contribution is -2.37. The summed E-state index contributed by atoms with van der Waals surface area (Å²) >= 11 is 0. The van der Waals surface area contributed by atoms with E-state index in [9.17, 15) is 9.59 Å². The first-order valence-electron chi connectivity index (χ1n) is 6.82. The summed E-state index contributed by atoms with van der Waals surface area (Å²) in [5, 5.41) is 0. The Balaban J connectivity index is 2.78. The Morgan fingerprint density at radius 3 is 2.59 bits per heavy atom. The smallest absolute Gasteiger partial charge is 0.318 e. The third kappa shape index (κ3) is 2.45. The number of rotatable bonds is 4. The average Bonchev–Trinajstić information content (AvgIpc) is 2.81. The lowest BCUT2D eigenvalue weighted by atomic mass is 10.2. The van der Waals surface area contributed by atoms with Crippen LogP contribution in [0.3, 0.4) is 0 Å². The Hall–Kier alpha value is -2.70. The van der Waals surface area contributed by atoms with Crippen molar-refractivity contribution in [2.45, 2.75) is 20.4 Å². The van der Waals surface area contributed by atoms with Crippen LogP contribution in [0.25, 0.3) is 11.2 Å². The topological polar surface area (TPSA) is 74.2 Å². The highest BCUT2D eigenvalue weighted by atomic mass is 16.2. The van der Waals surface area contributed by atoms with Crippen LogP contribution in [0.5, 0.6) is 0 Å². The molecule has 7 nitrogen and oxygen atoms in total. The highest BCUT2D eigenvalue weighted by Gasteiger charge is 2.17. The van der Waals surface area contributed by atoms with Gasteiger partial charge in [0.25, 0.3) is 5.56 Å². The molecule has 22 heavy (non-hydrogen) atoms. The second kappa shape index (κ2) is 5.97. The van der Waals surface area contributed by atoms with E-state index < -0.39 is 0 Å². The van der Waals surface area contributed by atoms with Crippen LogP contribution < -0.4 is 11.2 Å². The van der Waals surface area contributed by atoms with E-state index in [-0.39, 0.29) is 11.2 Å². The molecule has 7 heteroatoms. The van der Waals surface area contributed by atoms with E-state index in [0.717, 1.165) is 10.1 Å². The minimum absolute atomic E-state index is 0.356. The number of aromatic nitrogens is 4. The molecule has 0 aliphatic carbocycles. The first kappa shape index (κ1) is 15.7. The van der Waals surface area contributed by atoms with E-state index >= 15 is 0 Å². The molecule has 0 aromatic carbocycles. The lowest BCUT2D eigenvalue weighted by molar-refractivity contribution is 0.701. The molecule has 0 spiro atoms. The van der Waals surface area contributed by atoms with Crippen LogP contribution >= 0.6 is 0 Å². The van der Waals surface area contributed by atoms with Crippen molar-refractivity contribution in [3.8, 4) is 0 Å². The highest BCUT2D eigenvalue weighted by molar-refractivity contribution is 5.71. The summed E-state index contributed by atoms with van der Waals surface area (Å²) in [5.41, 5.74) is 0.929. The van der Waals surface area contributed by atoms with Crippen molar-refractivity contribution in [3.05, 3.63) is 50.6 Å². The second-order valence-electron chi connectivity index (χ2n) is 5.01. The summed E-state index contributed by atoms with van der Waals surface area (Å²) in [4.78, 5) is 32.6. The predicted molar refractivity (Wildman–Crippen MR) is 87.4 cm³/mol. The summed E-state index contributed by atoms with van der Waals surface area (Å²) < 4.78 is 4.25. The largest absolute Gasteiger partial charge is 0.332 e. The van der Waals surface area contributed by atoms with Crippen molar-refractivity contribution in [1.29, 1.82) is 0 Å². The van der Waals surface area contributed by atoms with Gasteiger partial charge in [0, 0.05) is 20.3 Å². The van der Waals surface area contributed by atoms with Gasteiger partial charge < -0.3 is 4.57 Å². The summed E-state index contributed by atoms with van der Waals surface area (Å²) in [6, 6.07) is 0. The Labute approximate surface area is 127 Å². The van der Waals surface area contributed by atoms with Gasteiger partial charge in [-0.3, -0.25) is 18.9 Å². The Kier molecular flexibility index (Phi) is 4.25. The molecule has 0 bridgehead atoms. The zero-order valence-electron chi connectivity index (χ0n) is 13.2. The van der Waals surface area contributed by atoms with Crippen LogP contribution in [0.1, 0.15) is 12.7 Å². The SMILES string of the molecule is C=N/C=C(\C=C/C)Cn1c(C)nc2c1c(=O)n(C)c(=O)n2C. The molecule has 2 rings (SSSR count). The maximum atomic E-state index is 12.4. The molecule has 116 valence electrons. The number of aryl methyl sites for hydroxylation is 2. The number of allylic oxidation sites excluding steroid dienone is 3. The summed E-state index contributed by atoms with van der Waals surface area (Å²) in [7, 11) is 3.07. The lowest BCUT2D eigenvalue weighted by Gasteiger charge is -2.08. The maximum Gasteiger partial charge on any atom is 0.332 e.